The summed E-state index contributed by atoms with van der Waals surface area (Å²) in [6.45, 7) is 6.83. The van der Waals surface area contributed by atoms with Crippen LogP contribution in [0.1, 0.15) is 31.9 Å². The molecule has 28 heavy (non-hydrogen) atoms. The number of fused-ring (bicyclic) bond motifs is 1. The molecule has 2 aromatic rings. The molecule has 0 unspecified atom stereocenters. The molecule has 146 valence electrons. The maximum absolute atomic E-state index is 13.1. The van der Waals surface area contributed by atoms with Gasteiger partial charge in [-0.3, -0.25) is 19.3 Å². The average molecular weight is 380 g/mol. The van der Waals surface area contributed by atoms with E-state index in [1.165, 1.54) is 11.8 Å². The second-order valence-corrected chi connectivity index (χ2v) is 7.50. The Balaban J connectivity index is 1.77. The number of hydrogen-bond acceptors (Lipinski definition) is 4. The van der Waals surface area contributed by atoms with Crippen molar-refractivity contribution in [3.63, 3.8) is 0 Å². The zero-order valence-electron chi connectivity index (χ0n) is 16.5. The number of benzene rings is 2. The molecule has 0 saturated heterocycles. The van der Waals surface area contributed by atoms with Crippen molar-refractivity contribution in [3.8, 4) is 0 Å². The van der Waals surface area contributed by atoms with Gasteiger partial charge in [-0.25, -0.2) is 0 Å². The highest BCUT2D eigenvalue weighted by Crippen LogP contribution is 2.37. The van der Waals surface area contributed by atoms with Crippen LogP contribution in [0.3, 0.4) is 0 Å². The minimum absolute atomic E-state index is 0.0817. The number of carbonyl (C=O) groups excluding carboxylic acids is 3. The molecule has 0 saturated carbocycles. The summed E-state index contributed by atoms with van der Waals surface area (Å²) in [5, 5.41) is 2.81. The number of rotatable bonds is 4. The van der Waals surface area contributed by atoms with Crippen LogP contribution < -0.4 is 10.2 Å². The number of ether oxygens (including phenoxy) is 1. The Morgan fingerprint density at radius 3 is 2.43 bits per heavy atom. The van der Waals surface area contributed by atoms with E-state index in [1.54, 1.807) is 38.1 Å². The summed E-state index contributed by atoms with van der Waals surface area (Å²) in [6, 6.07) is 14.6. The van der Waals surface area contributed by atoms with Gasteiger partial charge in [-0.05, 0) is 45.4 Å². The molecule has 1 aliphatic heterocycles. The molecule has 6 nitrogen and oxygen atoms in total. The lowest BCUT2D eigenvalue weighted by Crippen LogP contribution is -2.60. The topological polar surface area (TPSA) is 75.7 Å². The minimum Gasteiger partial charge on any atom is -0.452 e. The van der Waals surface area contributed by atoms with Crippen LogP contribution in [-0.2, 0) is 25.5 Å². The third-order valence-electron chi connectivity index (χ3n) is 4.85. The van der Waals surface area contributed by atoms with Gasteiger partial charge < -0.3 is 10.1 Å². The molecule has 6 heteroatoms. The highest BCUT2D eigenvalue weighted by molar-refractivity contribution is 6.15. The summed E-state index contributed by atoms with van der Waals surface area (Å²) >= 11 is 0. The molecule has 0 fully saturated rings. The predicted molar refractivity (Wildman–Crippen MR) is 107 cm³/mol. The molecule has 1 N–H and O–H groups in total. The Morgan fingerprint density at radius 2 is 1.75 bits per heavy atom. The number of esters is 1. The van der Waals surface area contributed by atoms with Crippen molar-refractivity contribution in [1.29, 1.82) is 0 Å². The Kier molecular flexibility index (Phi) is 5.23. The van der Waals surface area contributed by atoms with Gasteiger partial charge in [-0.1, -0.05) is 42.0 Å². The number of nitrogens with one attached hydrogen (secondary N) is 1. The van der Waals surface area contributed by atoms with Gasteiger partial charge in [0.05, 0.1) is 17.8 Å². The first-order valence-electron chi connectivity index (χ1n) is 9.19. The lowest BCUT2D eigenvalue weighted by atomic mass is 9.95. The second-order valence-electron chi connectivity index (χ2n) is 7.50. The number of nitrogens with zero attached hydrogens (tertiary/aromatic N) is 1. The molecule has 0 aliphatic carbocycles. The van der Waals surface area contributed by atoms with Gasteiger partial charge >= 0.3 is 5.97 Å². The van der Waals surface area contributed by atoms with Crippen molar-refractivity contribution in [2.75, 3.05) is 10.2 Å². The van der Waals surface area contributed by atoms with Gasteiger partial charge in [0, 0.05) is 0 Å². The summed E-state index contributed by atoms with van der Waals surface area (Å²) < 4.78 is 5.38. The van der Waals surface area contributed by atoms with E-state index < -0.39 is 23.5 Å². The summed E-state index contributed by atoms with van der Waals surface area (Å²) in [7, 11) is 0. The van der Waals surface area contributed by atoms with Gasteiger partial charge in [0.15, 0.2) is 6.10 Å². The third-order valence-corrected chi connectivity index (χ3v) is 4.85. The van der Waals surface area contributed by atoms with Crippen molar-refractivity contribution in [2.45, 2.75) is 45.8 Å². The maximum atomic E-state index is 13.1. The normalized spacial score (nSPS) is 16.0. The lowest BCUT2D eigenvalue weighted by Gasteiger charge is -2.42. The Labute approximate surface area is 164 Å². The highest BCUT2D eigenvalue weighted by Gasteiger charge is 2.45. The molecule has 1 aliphatic rings. The average Bonchev–Trinajstić information content (AvgIpc) is 2.64. The van der Waals surface area contributed by atoms with Crippen molar-refractivity contribution in [1.82, 2.24) is 0 Å². The Morgan fingerprint density at radius 1 is 1.11 bits per heavy atom. The second kappa shape index (κ2) is 7.46. The molecule has 0 radical (unpaired) electrons. The van der Waals surface area contributed by atoms with E-state index in [0.29, 0.717) is 11.4 Å². The number of carbonyl (C=O) groups is 3. The largest absolute Gasteiger partial charge is 0.452 e. The highest BCUT2D eigenvalue weighted by atomic mass is 16.5. The standard InChI is InChI=1S/C22H24N2O4/c1-14-9-11-16(12-10-14)13-19(25)28-15(2)20(26)24-18-8-6-5-7-17(18)23-21(27)22(24,3)4/h5-12,15H,13H2,1-4H3,(H,23,27)/t15-/m1/s1. The monoisotopic (exact) mass is 380 g/mol. The third kappa shape index (κ3) is 3.76. The van der Waals surface area contributed by atoms with Crippen LogP contribution >= 0.6 is 0 Å². The van der Waals surface area contributed by atoms with Crippen LogP contribution in [0, 0.1) is 6.92 Å². The van der Waals surface area contributed by atoms with E-state index in [4.69, 9.17) is 4.74 Å². The van der Waals surface area contributed by atoms with Crippen LogP contribution in [-0.4, -0.2) is 29.4 Å². The summed E-state index contributed by atoms with van der Waals surface area (Å²) in [5.74, 6) is -1.22. The number of hydrogen-bond donors (Lipinski definition) is 1. The fourth-order valence-corrected chi connectivity index (χ4v) is 3.19. The first-order valence-corrected chi connectivity index (χ1v) is 9.19. The lowest BCUT2D eigenvalue weighted by molar-refractivity contribution is -0.153. The fourth-order valence-electron chi connectivity index (χ4n) is 3.19. The zero-order valence-corrected chi connectivity index (χ0v) is 16.5. The van der Waals surface area contributed by atoms with Crippen LogP contribution in [0.15, 0.2) is 48.5 Å². The van der Waals surface area contributed by atoms with Gasteiger partial charge in [0.2, 0.25) is 5.91 Å². The van der Waals surface area contributed by atoms with Crippen LogP contribution in [0.2, 0.25) is 0 Å². The number of para-hydroxylation sites is 2. The van der Waals surface area contributed by atoms with Crippen molar-refractivity contribution >= 4 is 29.2 Å². The smallest absolute Gasteiger partial charge is 0.311 e. The summed E-state index contributed by atoms with van der Waals surface area (Å²) in [4.78, 5) is 39.3. The number of amides is 2. The van der Waals surface area contributed by atoms with Crippen molar-refractivity contribution < 1.29 is 19.1 Å². The van der Waals surface area contributed by atoms with Gasteiger partial charge in [0.1, 0.15) is 5.54 Å². The van der Waals surface area contributed by atoms with E-state index in [2.05, 4.69) is 5.32 Å². The van der Waals surface area contributed by atoms with E-state index in [0.717, 1.165) is 11.1 Å². The van der Waals surface area contributed by atoms with Gasteiger partial charge in [-0.15, -0.1) is 0 Å². The van der Waals surface area contributed by atoms with E-state index >= 15 is 0 Å². The van der Waals surface area contributed by atoms with Crippen molar-refractivity contribution in [2.24, 2.45) is 0 Å². The number of anilines is 2. The molecule has 0 spiro atoms. The molecular weight excluding hydrogens is 356 g/mol. The van der Waals surface area contributed by atoms with E-state index in [9.17, 15) is 14.4 Å². The first kappa shape index (κ1) is 19.6. The first-order chi connectivity index (χ1) is 13.2. The summed E-state index contributed by atoms with van der Waals surface area (Å²) in [5.41, 5.74) is 1.95. The van der Waals surface area contributed by atoms with Crippen LogP contribution in [0.25, 0.3) is 0 Å². The summed E-state index contributed by atoms with van der Waals surface area (Å²) in [6.07, 6.45) is -0.936. The van der Waals surface area contributed by atoms with Gasteiger partial charge in [0.25, 0.3) is 5.91 Å². The SMILES string of the molecule is Cc1ccc(CC(=O)O[C@H](C)C(=O)N2c3ccccc3NC(=O)C2(C)C)cc1. The predicted octanol–water partition coefficient (Wildman–Crippen LogP) is 3.23. The fraction of sp³-hybridized carbons (Fsp3) is 0.318. The Hall–Kier alpha value is -3.15. The molecule has 1 atom stereocenters. The van der Waals surface area contributed by atoms with E-state index in [1.807, 2.05) is 31.2 Å². The Bertz CT molecular complexity index is 918. The van der Waals surface area contributed by atoms with Crippen LogP contribution in [0.5, 0.6) is 0 Å². The zero-order chi connectivity index (χ0) is 20.5. The molecular formula is C22H24N2O4. The molecule has 0 aromatic heterocycles. The molecule has 0 bridgehead atoms. The minimum atomic E-state index is -1.11. The molecule has 2 amide bonds. The van der Waals surface area contributed by atoms with Crippen LogP contribution in [0.4, 0.5) is 11.4 Å². The van der Waals surface area contributed by atoms with Crippen molar-refractivity contribution in [3.05, 3.63) is 59.7 Å². The quantitative estimate of drug-likeness (QED) is 0.827. The van der Waals surface area contributed by atoms with E-state index in [-0.39, 0.29) is 12.3 Å². The maximum Gasteiger partial charge on any atom is 0.311 e. The van der Waals surface area contributed by atoms with Gasteiger partial charge in [-0.2, -0.15) is 0 Å². The molecule has 1 heterocycles. The number of aryl methyl sites for hydroxylation is 1. The molecule has 2 aromatic carbocycles. The molecule has 3 rings (SSSR count).